The average molecular weight is 345 g/mol. The number of benzene rings is 3. The highest BCUT2D eigenvalue weighted by Gasteiger charge is 2.12. The van der Waals surface area contributed by atoms with Crippen LogP contribution in [0.25, 0.3) is 10.8 Å². The van der Waals surface area contributed by atoms with Gasteiger partial charge in [0.25, 0.3) is 0 Å². The predicted octanol–water partition coefficient (Wildman–Crippen LogP) is 5.02. The maximum atomic E-state index is 13.6. The predicted molar refractivity (Wildman–Crippen MR) is 86.7 cm³/mol. The van der Waals surface area contributed by atoms with Gasteiger partial charge in [-0.25, -0.2) is 4.39 Å². The Morgan fingerprint density at radius 2 is 1.67 bits per heavy atom. The number of aliphatic hydroxyl groups is 1. The van der Waals surface area contributed by atoms with Gasteiger partial charge in [-0.1, -0.05) is 52.3 Å². The third-order valence-corrected chi connectivity index (χ3v) is 4.08. The molecule has 0 aliphatic carbocycles. The van der Waals surface area contributed by atoms with Gasteiger partial charge in [0.05, 0.1) is 6.10 Å². The fourth-order valence-electron chi connectivity index (χ4n) is 2.43. The third kappa shape index (κ3) is 3.14. The van der Waals surface area contributed by atoms with Gasteiger partial charge in [0.15, 0.2) is 0 Å². The quantitative estimate of drug-likeness (QED) is 0.707. The zero-order valence-electron chi connectivity index (χ0n) is 11.3. The van der Waals surface area contributed by atoms with Crippen LogP contribution < -0.4 is 0 Å². The zero-order valence-corrected chi connectivity index (χ0v) is 12.8. The second kappa shape index (κ2) is 5.96. The number of rotatable bonds is 3. The minimum absolute atomic E-state index is 0.273. The second-order valence-corrected chi connectivity index (χ2v) is 5.98. The van der Waals surface area contributed by atoms with Crippen LogP contribution in [0.5, 0.6) is 0 Å². The van der Waals surface area contributed by atoms with E-state index in [0.717, 1.165) is 20.8 Å². The number of halogens is 2. The summed E-state index contributed by atoms with van der Waals surface area (Å²) in [7, 11) is 0. The molecule has 0 aromatic heterocycles. The first-order valence-corrected chi connectivity index (χ1v) is 7.53. The lowest BCUT2D eigenvalue weighted by Crippen LogP contribution is -2.03. The Morgan fingerprint density at radius 3 is 2.48 bits per heavy atom. The van der Waals surface area contributed by atoms with Gasteiger partial charge in [-0.2, -0.15) is 0 Å². The molecule has 3 aromatic rings. The first kappa shape index (κ1) is 14.2. The summed E-state index contributed by atoms with van der Waals surface area (Å²) in [6.45, 7) is 0. The maximum Gasteiger partial charge on any atom is 0.126 e. The average Bonchev–Trinajstić information content (AvgIpc) is 2.49. The van der Waals surface area contributed by atoms with Crippen molar-refractivity contribution < 1.29 is 9.50 Å². The van der Waals surface area contributed by atoms with Crippen molar-refractivity contribution in [3.63, 3.8) is 0 Å². The molecule has 3 aromatic carbocycles. The summed E-state index contributed by atoms with van der Waals surface area (Å²) in [4.78, 5) is 0. The standard InChI is InChI=1S/C18H14BrFO/c19-16-8-7-12-9-15(6-5-13(12)10-16)18(21)11-14-3-1-2-4-17(14)20/h1-10,18,21H,11H2. The van der Waals surface area contributed by atoms with E-state index in [1.807, 2.05) is 36.4 Å². The fraction of sp³-hybridized carbons (Fsp3) is 0.111. The Hall–Kier alpha value is -1.71. The van der Waals surface area contributed by atoms with Gasteiger partial charge in [-0.15, -0.1) is 0 Å². The Balaban J connectivity index is 1.89. The highest BCUT2D eigenvalue weighted by molar-refractivity contribution is 9.10. The molecular weight excluding hydrogens is 331 g/mol. The van der Waals surface area contributed by atoms with Crippen molar-refractivity contribution in [2.75, 3.05) is 0 Å². The van der Waals surface area contributed by atoms with Crippen LogP contribution in [0.4, 0.5) is 4.39 Å². The molecule has 3 heteroatoms. The van der Waals surface area contributed by atoms with E-state index in [4.69, 9.17) is 0 Å². The molecule has 1 N–H and O–H groups in total. The van der Waals surface area contributed by atoms with Crippen molar-refractivity contribution in [3.05, 3.63) is 82.1 Å². The van der Waals surface area contributed by atoms with Crippen molar-refractivity contribution in [1.29, 1.82) is 0 Å². The summed E-state index contributed by atoms with van der Waals surface area (Å²) in [5.41, 5.74) is 1.33. The van der Waals surface area contributed by atoms with Crippen molar-refractivity contribution >= 4 is 26.7 Å². The molecule has 1 nitrogen and oxygen atoms in total. The SMILES string of the molecule is OC(Cc1ccccc1F)c1ccc2cc(Br)ccc2c1. The minimum Gasteiger partial charge on any atom is -0.388 e. The summed E-state index contributed by atoms with van der Waals surface area (Å²) in [6, 6.07) is 18.4. The molecule has 0 radical (unpaired) electrons. The highest BCUT2D eigenvalue weighted by Crippen LogP contribution is 2.25. The molecule has 21 heavy (non-hydrogen) atoms. The Morgan fingerprint density at radius 1 is 0.952 bits per heavy atom. The molecule has 1 unspecified atom stereocenters. The second-order valence-electron chi connectivity index (χ2n) is 5.06. The lowest BCUT2D eigenvalue weighted by Gasteiger charge is -2.13. The van der Waals surface area contributed by atoms with E-state index in [1.54, 1.807) is 18.2 Å². The molecule has 106 valence electrons. The van der Waals surface area contributed by atoms with Crippen molar-refractivity contribution in [2.24, 2.45) is 0 Å². The Kier molecular flexibility index (Phi) is 4.04. The number of hydrogen-bond donors (Lipinski definition) is 1. The van der Waals surface area contributed by atoms with Gasteiger partial charge >= 0.3 is 0 Å². The smallest absolute Gasteiger partial charge is 0.126 e. The molecule has 0 fully saturated rings. The van der Waals surface area contributed by atoms with Gasteiger partial charge < -0.3 is 5.11 Å². The molecule has 0 amide bonds. The van der Waals surface area contributed by atoms with Crippen LogP contribution >= 0.6 is 15.9 Å². The molecule has 0 bridgehead atoms. The summed E-state index contributed by atoms with van der Waals surface area (Å²) in [5, 5.41) is 12.5. The van der Waals surface area contributed by atoms with Gasteiger partial charge in [0.1, 0.15) is 5.82 Å². The van der Waals surface area contributed by atoms with Crippen LogP contribution in [0.15, 0.2) is 65.1 Å². The molecule has 1 atom stereocenters. The highest BCUT2D eigenvalue weighted by atomic mass is 79.9. The maximum absolute atomic E-state index is 13.6. The topological polar surface area (TPSA) is 20.2 Å². The van der Waals surface area contributed by atoms with Crippen molar-refractivity contribution in [3.8, 4) is 0 Å². The molecule has 0 saturated heterocycles. The Labute approximate surface area is 131 Å². The summed E-state index contributed by atoms with van der Waals surface area (Å²) >= 11 is 3.44. The zero-order chi connectivity index (χ0) is 14.8. The monoisotopic (exact) mass is 344 g/mol. The number of fused-ring (bicyclic) bond motifs is 1. The fourth-order valence-corrected chi connectivity index (χ4v) is 2.81. The summed E-state index contributed by atoms with van der Waals surface area (Å²) in [6.07, 6.45) is -0.440. The van der Waals surface area contributed by atoms with Crippen molar-refractivity contribution in [1.82, 2.24) is 0 Å². The molecule has 0 aliphatic heterocycles. The van der Waals surface area contributed by atoms with Crippen LogP contribution in [0.2, 0.25) is 0 Å². The first-order valence-electron chi connectivity index (χ1n) is 6.74. The van der Waals surface area contributed by atoms with E-state index >= 15 is 0 Å². The van der Waals surface area contributed by atoms with Gasteiger partial charge in [0.2, 0.25) is 0 Å². The number of aliphatic hydroxyl groups excluding tert-OH is 1. The molecule has 0 aliphatic rings. The molecule has 0 spiro atoms. The molecule has 0 saturated carbocycles. The molecular formula is C18H14BrFO. The van der Waals surface area contributed by atoms with Gasteiger partial charge in [-0.05, 0) is 46.2 Å². The van der Waals surface area contributed by atoms with Crippen LogP contribution in [0.1, 0.15) is 17.2 Å². The Bertz CT molecular complexity index is 785. The largest absolute Gasteiger partial charge is 0.388 e. The van der Waals surface area contributed by atoms with E-state index in [0.29, 0.717) is 5.56 Å². The molecule has 0 heterocycles. The molecule has 3 rings (SSSR count). The summed E-state index contributed by atoms with van der Waals surface area (Å²) < 4.78 is 14.7. The normalized spacial score (nSPS) is 12.5. The van der Waals surface area contributed by atoms with Gasteiger partial charge in [0, 0.05) is 10.9 Å². The van der Waals surface area contributed by atoms with E-state index in [2.05, 4.69) is 15.9 Å². The van der Waals surface area contributed by atoms with E-state index in [9.17, 15) is 9.50 Å². The number of hydrogen-bond acceptors (Lipinski definition) is 1. The van der Waals surface area contributed by atoms with E-state index < -0.39 is 6.10 Å². The van der Waals surface area contributed by atoms with Crippen molar-refractivity contribution in [2.45, 2.75) is 12.5 Å². The van der Waals surface area contributed by atoms with Crippen LogP contribution in [0.3, 0.4) is 0 Å². The van der Waals surface area contributed by atoms with E-state index in [1.165, 1.54) is 6.07 Å². The first-order chi connectivity index (χ1) is 10.1. The van der Waals surface area contributed by atoms with Gasteiger partial charge in [-0.3, -0.25) is 0 Å². The van der Waals surface area contributed by atoms with Crippen LogP contribution in [0, 0.1) is 5.82 Å². The lowest BCUT2D eigenvalue weighted by molar-refractivity contribution is 0.177. The lowest BCUT2D eigenvalue weighted by atomic mass is 9.98. The summed E-state index contributed by atoms with van der Waals surface area (Å²) in [5.74, 6) is -0.277. The van der Waals surface area contributed by atoms with Crippen LogP contribution in [-0.4, -0.2) is 5.11 Å². The van der Waals surface area contributed by atoms with E-state index in [-0.39, 0.29) is 12.2 Å². The van der Waals surface area contributed by atoms with Crippen LogP contribution in [-0.2, 0) is 6.42 Å². The minimum atomic E-state index is -0.713. The third-order valence-electron chi connectivity index (χ3n) is 3.58.